The van der Waals surface area contributed by atoms with Gasteiger partial charge in [-0.1, -0.05) is 12.1 Å². The van der Waals surface area contributed by atoms with Crippen molar-refractivity contribution in [1.82, 2.24) is 20.0 Å². The fourth-order valence-corrected chi connectivity index (χ4v) is 3.41. The third-order valence-electron chi connectivity index (χ3n) is 5.08. The Morgan fingerprint density at radius 3 is 2.22 bits per heavy atom. The first-order chi connectivity index (χ1) is 15.5. The average molecular weight is 432 g/mol. The van der Waals surface area contributed by atoms with Crippen LogP contribution in [0.3, 0.4) is 0 Å². The van der Waals surface area contributed by atoms with E-state index in [1.54, 1.807) is 49.6 Å². The van der Waals surface area contributed by atoms with Crippen LogP contribution in [0.15, 0.2) is 65.5 Å². The molecule has 0 spiro atoms. The number of methoxy groups -OCH3 is 1. The van der Waals surface area contributed by atoms with Crippen LogP contribution in [0.5, 0.6) is 5.75 Å². The van der Waals surface area contributed by atoms with Crippen molar-refractivity contribution in [2.24, 2.45) is 0 Å². The van der Waals surface area contributed by atoms with Crippen LogP contribution in [-0.4, -0.2) is 52.6 Å². The number of hydrogen-bond donors (Lipinski definition) is 1. The number of nitrogens with zero attached hydrogens (tertiary/aromatic N) is 3. The Balaban J connectivity index is 1.36. The highest BCUT2D eigenvalue weighted by molar-refractivity contribution is 6.22. The molecule has 3 amide bonds. The summed E-state index contributed by atoms with van der Waals surface area (Å²) in [6.45, 7) is -0.141. The summed E-state index contributed by atoms with van der Waals surface area (Å²) in [4.78, 5) is 50.1. The SMILES string of the molecule is COc1ccc(-c2ccc(=O)n(CCNC(=O)CN3C(=O)c4ccccc4C3=O)n2)cc1. The van der Waals surface area contributed by atoms with Crippen LogP contribution in [0, 0.1) is 0 Å². The van der Waals surface area contributed by atoms with Gasteiger partial charge in [-0.05, 0) is 42.5 Å². The molecule has 3 aromatic rings. The fraction of sp³-hybridized carbons (Fsp3) is 0.174. The van der Waals surface area contributed by atoms with Crippen molar-refractivity contribution >= 4 is 17.7 Å². The van der Waals surface area contributed by atoms with Crippen LogP contribution in [-0.2, 0) is 11.3 Å². The summed E-state index contributed by atoms with van der Waals surface area (Å²) < 4.78 is 6.39. The second kappa shape index (κ2) is 8.84. The summed E-state index contributed by atoms with van der Waals surface area (Å²) >= 11 is 0. The van der Waals surface area contributed by atoms with Gasteiger partial charge in [-0.15, -0.1) is 0 Å². The molecule has 1 N–H and O–H groups in total. The zero-order valence-electron chi connectivity index (χ0n) is 17.3. The maximum absolute atomic E-state index is 12.4. The minimum Gasteiger partial charge on any atom is -0.497 e. The summed E-state index contributed by atoms with van der Waals surface area (Å²) in [5, 5.41) is 6.97. The summed E-state index contributed by atoms with van der Waals surface area (Å²) in [5.41, 5.74) is 1.68. The molecule has 0 unspecified atom stereocenters. The van der Waals surface area contributed by atoms with Crippen LogP contribution in [0.1, 0.15) is 20.7 Å². The number of benzene rings is 2. The van der Waals surface area contributed by atoms with E-state index < -0.39 is 17.7 Å². The molecule has 0 saturated heterocycles. The molecule has 1 aliphatic heterocycles. The van der Waals surface area contributed by atoms with Crippen molar-refractivity contribution in [3.05, 3.63) is 82.1 Å². The molecule has 1 aromatic heterocycles. The maximum atomic E-state index is 12.4. The van der Waals surface area contributed by atoms with E-state index in [2.05, 4.69) is 10.4 Å². The number of aromatic nitrogens is 2. The van der Waals surface area contributed by atoms with Crippen molar-refractivity contribution in [3.63, 3.8) is 0 Å². The fourth-order valence-electron chi connectivity index (χ4n) is 3.41. The molecule has 9 nitrogen and oxygen atoms in total. The van der Waals surface area contributed by atoms with Gasteiger partial charge in [0, 0.05) is 18.2 Å². The molecule has 4 rings (SSSR count). The Morgan fingerprint density at radius 1 is 0.938 bits per heavy atom. The van der Waals surface area contributed by atoms with Crippen LogP contribution in [0.4, 0.5) is 0 Å². The first-order valence-electron chi connectivity index (χ1n) is 9.92. The Bertz CT molecular complexity index is 1210. The Morgan fingerprint density at radius 2 is 1.59 bits per heavy atom. The van der Waals surface area contributed by atoms with E-state index in [-0.39, 0.29) is 36.3 Å². The lowest BCUT2D eigenvalue weighted by molar-refractivity contribution is -0.121. The number of carbonyl (C=O) groups excluding carboxylic acids is 3. The molecule has 0 fully saturated rings. The largest absolute Gasteiger partial charge is 0.497 e. The van der Waals surface area contributed by atoms with E-state index in [1.807, 2.05) is 12.1 Å². The molecule has 32 heavy (non-hydrogen) atoms. The van der Waals surface area contributed by atoms with Crippen LogP contribution < -0.4 is 15.6 Å². The van der Waals surface area contributed by atoms with Gasteiger partial charge in [0.1, 0.15) is 12.3 Å². The number of amides is 3. The van der Waals surface area contributed by atoms with Crippen LogP contribution >= 0.6 is 0 Å². The van der Waals surface area contributed by atoms with E-state index in [0.29, 0.717) is 11.4 Å². The zero-order valence-corrected chi connectivity index (χ0v) is 17.3. The van der Waals surface area contributed by atoms with Crippen LogP contribution in [0.25, 0.3) is 11.3 Å². The number of rotatable bonds is 7. The molecule has 0 saturated carbocycles. The van der Waals surface area contributed by atoms with Gasteiger partial charge in [0.05, 0.1) is 30.5 Å². The van der Waals surface area contributed by atoms with Gasteiger partial charge in [0.25, 0.3) is 17.4 Å². The summed E-state index contributed by atoms with van der Waals surface area (Å²) in [6, 6.07) is 16.7. The lowest BCUT2D eigenvalue weighted by Gasteiger charge is -2.14. The third-order valence-corrected chi connectivity index (χ3v) is 5.08. The van der Waals surface area contributed by atoms with E-state index in [1.165, 1.54) is 10.7 Å². The number of ether oxygens (including phenoxy) is 1. The second-order valence-corrected chi connectivity index (χ2v) is 7.10. The van der Waals surface area contributed by atoms with Crippen molar-refractivity contribution in [2.45, 2.75) is 6.54 Å². The third kappa shape index (κ3) is 4.13. The number of hydrogen-bond acceptors (Lipinski definition) is 6. The van der Waals surface area contributed by atoms with Gasteiger partial charge < -0.3 is 10.1 Å². The highest BCUT2D eigenvalue weighted by Crippen LogP contribution is 2.22. The van der Waals surface area contributed by atoms with Gasteiger partial charge in [-0.3, -0.25) is 24.1 Å². The minimum absolute atomic E-state index is 0.112. The quantitative estimate of drug-likeness (QED) is 0.564. The molecule has 9 heteroatoms. The topological polar surface area (TPSA) is 111 Å². The van der Waals surface area contributed by atoms with Gasteiger partial charge >= 0.3 is 0 Å². The monoisotopic (exact) mass is 432 g/mol. The molecular formula is C23H20N4O5. The Hall–Kier alpha value is -4.27. The van der Waals surface area contributed by atoms with E-state index in [0.717, 1.165) is 10.5 Å². The predicted octanol–water partition coefficient (Wildman–Crippen LogP) is 1.33. The van der Waals surface area contributed by atoms with Crippen molar-refractivity contribution in [2.75, 3.05) is 20.2 Å². The summed E-state index contributed by atoms with van der Waals surface area (Å²) in [7, 11) is 1.58. The number of carbonyl (C=O) groups is 3. The number of imide groups is 1. The first kappa shape index (κ1) is 21.0. The van der Waals surface area contributed by atoms with Gasteiger partial charge in [-0.25, -0.2) is 4.68 Å². The zero-order chi connectivity index (χ0) is 22.7. The number of nitrogens with one attached hydrogen (secondary N) is 1. The van der Waals surface area contributed by atoms with Gasteiger partial charge in [0.15, 0.2) is 0 Å². The van der Waals surface area contributed by atoms with Crippen molar-refractivity contribution in [3.8, 4) is 17.0 Å². The molecule has 162 valence electrons. The van der Waals surface area contributed by atoms with Crippen molar-refractivity contribution < 1.29 is 19.1 Å². The van der Waals surface area contributed by atoms with Crippen molar-refractivity contribution in [1.29, 1.82) is 0 Å². The van der Waals surface area contributed by atoms with E-state index in [4.69, 9.17) is 4.74 Å². The van der Waals surface area contributed by atoms with Gasteiger partial charge in [0.2, 0.25) is 5.91 Å². The smallest absolute Gasteiger partial charge is 0.266 e. The molecule has 0 radical (unpaired) electrons. The molecule has 0 atom stereocenters. The van der Waals surface area contributed by atoms with Gasteiger partial charge in [-0.2, -0.15) is 5.10 Å². The lowest BCUT2D eigenvalue weighted by atomic mass is 10.1. The second-order valence-electron chi connectivity index (χ2n) is 7.10. The standard InChI is InChI=1S/C23H20N4O5/c1-32-16-8-6-15(7-9-16)19-10-11-21(29)27(25-19)13-12-24-20(28)14-26-22(30)17-4-2-3-5-18(17)23(26)31/h2-11H,12-14H2,1H3,(H,24,28). The molecule has 0 bridgehead atoms. The van der Waals surface area contributed by atoms with E-state index in [9.17, 15) is 19.2 Å². The lowest BCUT2D eigenvalue weighted by Crippen LogP contribution is -2.41. The first-order valence-corrected chi connectivity index (χ1v) is 9.92. The maximum Gasteiger partial charge on any atom is 0.266 e. The Kier molecular flexibility index (Phi) is 5.80. The Labute approximate surface area is 183 Å². The molecule has 1 aliphatic rings. The highest BCUT2D eigenvalue weighted by Gasteiger charge is 2.36. The molecular weight excluding hydrogens is 412 g/mol. The normalized spacial score (nSPS) is 12.6. The van der Waals surface area contributed by atoms with Crippen LogP contribution in [0.2, 0.25) is 0 Å². The van der Waals surface area contributed by atoms with E-state index >= 15 is 0 Å². The number of fused-ring (bicyclic) bond motifs is 1. The summed E-state index contributed by atoms with van der Waals surface area (Å²) in [6.07, 6.45) is 0. The molecule has 2 aromatic carbocycles. The minimum atomic E-state index is -0.501. The summed E-state index contributed by atoms with van der Waals surface area (Å²) in [5.74, 6) is -0.779. The predicted molar refractivity (Wildman–Crippen MR) is 115 cm³/mol. The average Bonchev–Trinajstić information content (AvgIpc) is 3.05. The molecule has 2 heterocycles. The highest BCUT2D eigenvalue weighted by atomic mass is 16.5. The molecule has 0 aliphatic carbocycles.